The average molecular weight is 456 g/mol. The van der Waals surface area contributed by atoms with Crippen molar-refractivity contribution in [2.45, 2.75) is 37.5 Å². The van der Waals surface area contributed by atoms with Crippen molar-refractivity contribution in [3.8, 4) is 5.69 Å². The zero-order valence-corrected chi connectivity index (χ0v) is 19.9. The zero-order chi connectivity index (χ0) is 23.5. The van der Waals surface area contributed by atoms with Gasteiger partial charge in [-0.15, -0.1) is 0 Å². The van der Waals surface area contributed by atoms with Gasteiger partial charge in [0.1, 0.15) is 0 Å². The van der Waals surface area contributed by atoms with E-state index < -0.39 is 0 Å². The highest BCUT2D eigenvalue weighted by Gasteiger charge is 2.10. The van der Waals surface area contributed by atoms with Gasteiger partial charge in [0, 0.05) is 50.8 Å². The summed E-state index contributed by atoms with van der Waals surface area (Å²) in [5.41, 5.74) is 8.07. The molecule has 0 radical (unpaired) electrons. The molecule has 1 heterocycles. The molecule has 3 aromatic carbocycles. The van der Waals surface area contributed by atoms with E-state index in [-0.39, 0.29) is 10.6 Å². The van der Waals surface area contributed by atoms with Gasteiger partial charge >= 0.3 is 0 Å². The molecule has 0 bridgehead atoms. The van der Waals surface area contributed by atoms with Gasteiger partial charge in [-0.05, 0) is 93.4 Å². The molecule has 0 atom stereocenters. The molecule has 0 saturated carbocycles. The van der Waals surface area contributed by atoms with Gasteiger partial charge in [-0.1, -0.05) is 17.8 Å². The molecular weight excluding hydrogens is 430 g/mol. The standard InChI is InChI=1S/C27H25N3O2S/c1-18-13-19(2)15-25(14-18)29-20(3)16-22(21(29)4)17-28-23-5-9-26(10-6-23)33-27-11-7-24(8-12-27)30(31)32/h5-17H,1-4H3. The van der Waals surface area contributed by atoms with Crippen LogP contribution < -0.4 is 0 Å². The molecule has 5 nitrogen and oxygen atoms in total. The van der Waals surface area contributed by atoms with Gasteiger partial charge in [0.15, 0.2) is 0 Å². The van der Waals surface area contributed by atoms with Gasteiger partial charge in [0.25, 0.3) is 5.69 Å². The predicted octanol–water partition coefficient (Wildman–Crippen LogP) is 7.52. The number of hydrogen-bond donors (Lipinski definition) is 0. The lowest BCUT2D eigenvalue weighted by Crippen LogP contribution is -2.00. The first-order chi connectivity index (χ1) is 15.8. The fourth-order valence-corrected chi connectivity index (χ4v) is 4.73. The van der Waals surface area contributed by atoms with E-state index in [9.17, 15) is 10.1 Å². The number of hydrogen-bond acceptors (Lipinski definition) is 4. The number of nitrogens with zero attached hydrogens (tertiary/aromatic N) is 3. The third-order valence-corrected chi connectivity index (χ3v) is 6.42. The van der Waals surface area contributed by atoms with Crippen LogP contribution in [0.5, 0.6) is 0 Å². The van der Waals surface area contributed by atoms with Crippen LogP contribution in [0.15, 0.2) is 87.6 Å². The number of benzene rings is 3. The number of non-ortho nitro benzene ring substituents is 1. The third kappa shape index (κ3) is 5.23. The minimum absolute atomic E-state index is 0.0981. The van der Waals surface area contributed by atoms with Gasteiger partial charge in [-0.2, -0.15) is 0 Å². The molecule has 0 N–H and O–H groups in total. The molecule has 0 aliphatic rings. The van der Waals surface area contributed by atoms with Crippen LogP contribution in [0.4, 0.5) is 11.4 Å². The first-order valence-electron chi connectivity index (χ1n) is 10.6. The highest BCUT2D eigenvalue weighted by Crippen LogP contribution is 2.30. The Kier molecular flexibility index (Phi) is 6.47. The minimum Gasteiger partial charge on any atom is -0.318 e. The van der Waals surface area contributed by atoms with E-state index in [1.54, 1.807) is 23.9 Å². The number of aryl methyl sites for hydroxylation is 3. The lowest BCUT2D eigenvalue weighted by atomic mass is 10.1. The fourth-order valence-electron chi connectivity index (χ4n) is 3.91. The number of nitro groups is 1. The largest absolute Gasteiger partial charge is 0.318 e. The topological polar surface area (TPSA) is 60.4 Å². The molecular formula is C27H25N3O2S. The van der Waals surface area contributed by atoms with Crippen LogP contribution in [-0.4, -0.2) is 15.7 Å². The van der Waals surface area contributed by atoms with Gasteiger partial charge in [-0.3, -0.25) is 15.1 Å². The van der Waals surface area contributed by atoms with Crippen molar-refractivity contribution < 1.29 is 4.92 Å². The van der Waals surface area contributed by atoms with Crippen LogP contribution in [0.2, 0.25) is 0 Å². The fraction of sp³-hybridized carbons (Fsp3) is 0.148. The highest BCUT2D eigenvalue weighted by atomic mass is 32.2. The smallest absolute Gasteiger partial charge is 0.269 e. The molecule has 33 heavy (non-hydrogen) atoms. The van der Waals surface area contributed by atoms with E-state index >= 15 is 0 Å². The Labute approximate surface area is 198 Å². The second-order valence-electron chi connectivity index (χ2n) is 8.11. The molecule has 0 saturated heterocycles. The average Bonchev–Trinajstić information content (AvgIpc) is 3.06. The van der Waals surface area contributed by atoms with Crippen molar-refractivity contribution in [2.75, 3.05) is 0 Å². The number of aromatic nitrogens is 1. The Bertz CT molecular complexity index is 1320. The summed E-state index contributed by atoms with van der Waals surface area (Å²) in [6.07, 6.45) is 1.92. The first-order valence-corrected chi connectivity index (χ1v) is 11.5. The molecule has 4 aromatic rings. The van der Waals surface area contributed by atoms with E-state index in [0.29, 0.717) is 0 Å². The van der Waals surface area contributed by atoms with Crippen LogP contribution in [-0.2, 0) is 0 Å². The molecule has 1 aromatic heterocycles. The summed E-state index contributed by atoms with van der Waals surface area (Å²) >= 11 is 1.56. The normalized spacial score (nSPS) is 11.3. The Morgan fingerprint density at radius 2 is 1.42 bits per heavy atom. The van der Waals surface area contributed by atoms with Crippen LogP contribution in [0.1, 0.15) is 28.1 Å². The Balaban J connectivity index is 1.50. The lowest BCUT2D eigenvalue weighted by molar-refractivity contribution is -0.384. The van der Waals surface area contributed by atoms with Crippen LogP contribution in [0, 0.1) is 37.8 Å². The van der Waals surface area contributed by atoms with Gasteiger partial charge < -0.3 is 4.57 Å². The van der Waals surface area contributed by atoms with E-state index in [0.717, 1.165) is 26.7 Å². The van der Waals surface area contributed by atoms with E-state index in [1.807, 2.05) is 30.5 Å². The summed E-state index contributed by atoms with van der Waals surface area (Å²) in [7, 11) is 0. The molecule has 4 rings (SSSR count). The number of aliphatic imine (C=N–C) groups is 1. The second-order valence-corrected chi connectivity index (χ2v) is 9.26. The summed E-state index contributed by atoms with van der Waals surface area (Å²) in [6.45, 7) is 8.48. The van der Waals surface area contributed by atoms with Crippen molar-refractivity contribution in [3.63, 3.8) is 0 Å². The summed E-state index contributed by atoms with van der Waals surface area (Å²) < 4.78 is 2.27. The molecule has 0 aliphatic heterocycles. The lowest BCUT2D eigenvalue weighted by Gasteiger charge is -2.11. The van der Waals surface area contributed by atoms with Crippen LogP contribution >= 0.6 is 11.8 Å². The summed E-state index contributed by atoms with van der Waals surface area (Å²) in [4.78, 5) is 17.1. The summed E-state index contributed by atoms with van der Waals surface area (Å²) in [5, 5.41) is 10.8. The Hall–Kier alpha value is -3.64. The third-order valence-electron chi connectivity index (χ3n) is 5.41. The molecule has 0 amide bonds. The van der Waals surface area contributed by atoms with E-state index in [4.69, 9.17) is 0 Å². The van der Waals surface area contributed by atoms with Crippen molar-refractivity contribution in [1.82, 2.24) is 4.57 Å². The van der Waals surface area contributed by atoms with Crippen molar-refractivity contribution >= 4 is 29.4 Å². The van der Waals surface area contributed by atoms with E-state index in [1.165, 1.54) is 34.6 Å². The number of nitro benzene ring substituents is 1. The predicted molar refractivity (Wildman–Crippen MR) is 136 cm³/mol. The zero-order valence-electron chi connectivity index (χ0n) is 19.1. The summed E-state index contributed by atoms with van der Waals surface area (Å²) in [6, 6.07) is 23.3. The van der Waals surface area contributed by atoms with Crippen molar-refractivity contribution in [2.24, 2.45) is 4.99 Å². The molecule has 0 aliphatic carbocycles. The molecule has 0 fully saturated rings. The maximum atomic E-state index is 10.8. The number of rotatable bonds is 6. The molecule has 6 heteroatoms. The highest BCUT2D eigenvalue weighted by molar-refractivity contribution is 7.99. The van der Waals surface area contributed by atoms with Crippen LogP contribution in [0.3, 0.4) is 0 Å². The van der Waals surface area contributed by atoms with Gasteiger partial charge in [0.05, 0.1) is 10.6 Å². The van der Waals surface area contributed by atoms with Gasteiger partial charge in [0.2, 0.25) is 0 Å². The Morgan fingerprint density at radius 1 is 0.848 bits per heavy atom. The second kappa shape index (κ2) is 9.46. The molecule has 0 unspecified atom stereocenters. The SMILES string of the molecule is Cc1cc(C)cc(-n2c(C)cc(C=Nc3ccc(Sc4ccc([N+](=O)[O-])cc4)cc3)c2C)c1. The maximum Gasteiger partial charge on any atom is 0.269 e. The molecule has 0 spiro atoms. The van der Waals surface area contributed by atoms with Crippen molar-refractivity contribution in [1.29, 1.82) is 0 Å². The van der Waals surface area contributed by atoms with Crippen LogP contribution in [0.25, 0.3) is 5.69 Å². The monoisotopic (exact) mass is 455 g/mol. The molecule has 166 valence electrons. The van der Waals surface area contributed by atoms with Gasteiger partial charge in [-0.25, -0.2) is 0 Å². The van der Waals surface area contributed by atoms with Crippen molar-refractivity contribution in [3.05, 3.63) is 111 Å². The Morgan fingerprint density at radius 3 is 2.00 bits per heavy atom. The maximum absolute atomic E-state index is 10.8. The van der Waals surface area contributed by atoms with E-state index in [2.05, 4.69) is 61.5 Å². The minimum atomic E-state index is -0.388. The quantitative estimate of drug-likeness (QED) is 0.172. The first kappa shape index (κ1) is 22.6. The summed E-state index contributed by atoms with van der Waals surface area (Å²) in [5.74, 6) is 0.